The Morgan fingerprint density at radius 1 is 1.32 bits per heavy atom. The molecule has 1 saturated heterocycles. The van der Waals surface area contributed by atoms with Crippen LogP contribution in [0, 0.1) is 5.92 Å². The van der Waals surface area contributed by atoms with Crippen LogP contribution in [0.25, 0.3) is 0 Å². The summed E-state index contributed by atoms with van der Waals surface area (Å²) in [7, 11) is 1.66. The number of aromatic nitrogens is 1. The fourth-order valence-corrected chi connectivity index (χ4v) is 3.72. The number of nitrogens with one attached hydrogen (secondary N) is 2. The summed E-state index contributed by atoms with van der Waals surface area (Å²) < 4.78 is 5.29. The zero-order valence-electron chi connectivity index (χ0n) is 18.3. The molecule has 1 unspecified atom stereocenters. The number of methoxy groups -OCH3 is 1. The number of nitrogens with zero attached hydrogens (tertiary/aromatic N) is 3. The number of aliphatic imine (C=N–C) groups is 1. The van der Waals surface area contributed by atoms with E-state index in [1.54, 1.807) is 13.3 Å². The third-order valence-electron chi connectivity index (χ3n) is 5.34. The van der Waals surface area contributed by atoms with Gasteiger partial charge in [-0.25, -0.2) is 9.98 Å². The number of hydrogen-bond acceptors (Lipinski definition) is 5. The van der Waals surface area contributed by atoms with Crippen molar-refractivity contribution < 1.29 is 9.53 Å². The zero-order valence-corrected chi connectivity index (χ0v) is 18.3. The van der Waals surface area contributed by atoms with Crippen LogP contribution in [-0.2, 0) is 17.9 Å². The van der Waals surface area contributed by atoms with Gasteiger partial charge in [0.2, 0.25) is 5.91 Å². The van der Waals surface area contributed by atoms with Crippen LogP contribution in [0.4, 0.5) is 5.82 Å². The number of guanidine groups is 1. The molecule has 166 valence electrons. The summed E-state index contributed by atoms with van der Waals surface area (Å²) in [5.74, 6) is 2.08. The fraction of sp³-hybridized carbons (Fsp3) is 0.435. The lowest BCUT2D eigenvalue weighted by atomic mass is 9.97. The smallest absolute Gasteiger partial charge is 0.222 e. The van der Waals surface area contributed by atoms with Gasteiger partial charge in [0.05, 0.1) is 19.6 Å². The van der Waals surface area contributed by atoms with E-state index in [2.05, 4.69) is 26.6 Å². The van der Waals surface area contributed by atoms with Crippen LogP contribution >= 0.6 is 0 Å². The number of anilines is 1. The van der Waals surface area contributed by atoms with Crippen molar-refractivity contribution in [2.75, 3.05) is 31.6 Å². The van der Waals surface area contributed by atoms with Crippen molar-refractivity contribution in [1.82, 2.24) is 15.6 Å². The third-order valence-corrected chi connectivity index (χ3v) is 5.34. The first-order valence-electron chi connectivity index (χ1n) is 10.7. The number of nitrogens with two attached hydrogens (primary N) is 1. The van der Waals surface area contributed by atoms with Gasteiger partial charge in [0.15, 0.2) is 5.96 Å². The average molecular weight is 425 g/mol. The number of ether oxygens (including phenoxy) is 1. The lowest BCUT2D eigenvalue weighted by Gasteiger charge is -2.33. The Kier molecular flexibility index (Phi) is 8.09. The molecular formula is C23H32N6O2. The third kappa shape index (κ3) is 6.34. The van der Waals surface area contributed by atoms with E-state index >= 15 is 0 Å². The highest BCUT2D eigenvalue weighted by atomic mass is 16.5. The summed E-state index contributed by atoms with van der Waals surface area (Å²) in [5, 5.41) is 6.68. The Morgan fingerprint density at radius 3 is 2.97 bits per heavy atom. The Labute approximate surface area is 183 Å². The summed E-state index contributed by atoms with van der Waals surface area (Å²) >= 11 is 0. The number of hydrogen-bond donors (Lipinski definition) is 3. The van der Waals surface area contributed by atoms with Crippen molar-refractivity contribution in [3.63, 3.8) is 0 Å². The summed E-state index contributed by atoms with van der Waals surface area (Å²) in [6.45, 7) is 5.40. The first-order chi connectivity index (χ1) is 15.1. The number of carbonyl (C=O) groups excluding carboxylic acids is 1. The molecule has 1 amide bonds. The monoisotopic (exact) mass is 424 g/mol. The summed E-state index contributed by atoms with van der Waals surface area (Å²) in [5.41, 5.74) is 7.68. The summed E-state index contributed by atoms with van der Waals surface area (Å²) in [6.07, 6.45) is 3.56. The van der Waals surface area contributed by atoms with Gasteiger partial charge in [0.1, 0.15) is 11.6 Å². The van der Waals surface area contributed by atoms with Crippen LogP contribution in [0.2, 0.25) is 0 Å². The summed E-state index contributed by atoms with van der Waals surface area (Å²) in [6, 6.07) is 11.9. The van der Waals surface area contributed by atoms with E-state index in [1.807, 2.05) is 37.3 Å². The van der Waals surface area contributed by atoms with Crippen LogP contribution in [0.3, 0.4) is 0 Å². The van der Waals surface area contributed by atoms with E-state index in [9.17, 15) is 4.79 Å². The molecule has 0 aliphatic carbocycles. The molecule has 1 aromatic heterocycles. The second-order valence-corrected chi connectivity index (χ2v) is 7.57. The van der Waals surface area contributed by atoms with Crippen molar-refractivity contribution in [1.29, 1.82) is 0 Å². The van der Waals surface area contributed by atoms with Crippen LogP contribution < -0.4 is 26.0 Å². The molecule has 4 N–H and O–H groups in total. The van der Waals surface area contributed by atoms with Gasteiger partial charge in [-0.15, -0.1) is 0 Å². The van der Waals surface area contributed by atoms with Crippen molar-refractivity contribution in [2.24, 2.45) is 16.6 Å². The molecule has 1 atom stereocenters. The first-order valence-corrected chi connectivity index (χ1v) is 10.7. The lowest BCUT2D eigenvalue weighted by molar-refractivity contribution is -0.122. The van der Waals surface area contributed by atoms with Gasteiger partial charge in [-0.3, -0.25) is 4.79 Å². The Balaban J connectivity index is 1.68. The van der Waals surface area contributed by atoms with Gasteiger partial charge >= 0.3 is 0 Å². The largest absolute Gasteiger partial charge is 0.497 e. The quantitative estimate of drug-likeness (QED) is 0.443. The normalized spacial score (nSPS) is 16.6. The fourth-order valence-electron chi connectivity index (χ4n) is 3.72. The van der Waals surface area contributed by atoms with Gasteiger partial charge < -0.3 is 26.0 Å². The van der Waals surface area contributed by atoms with E-state index in [4.69, 9.17) is 15.5 Å². The van der Waals surface area contributed by atoms with Gasteiger partial charge in [-0.1, -0.05) is 18.2 Å². The number of primary amides is 1. The van der Waals surface area contributed by atoms with Crippen LogP contribution in [0.1, 0.15) is 30.9 Å². The van der Waals surface area contributed by atoms with Crippen molar-refractivity contribution in [2.45, 2.75) is 32.9 Å². The Morgan fingerprint density at radius 2 is 2.19 bits per heavy atom. The molecule has 0 spiro atoms. The highest BCUT2D eigenvalue weighted by Gasteiger charge is 2.25. The van der Waals surface area contributed by atoms with E-state index in [0.717, 1.165) is 54.6 Å². The minimum atomic E-state index is -0.237. The van der Waals surface area contributed by atoms with E-state index < -0.39 is 0 Å². The predicted octanol–water partition coefficient (Wildman–Crippen LogP) is 2.05. The zero-order chi connectivity index (χ0) is 22.1. The molecule has 2 heterocycles. The average Bonchev–Trinajstić information content (AvgIpc) is 2.81. The van der Waals surface area contributed by atoms with E-state index in [-0.39, 0.29) is 11.8 Å². The van der Waals surface area contributed by atoms with E-state index in [1.165, 1.54) is 0 Å². The molecule has 0 bridgehead atoms. The minimum Gasteiger partial charge on any atom is -0.497 e. The molecule has 31 heavy (non-hydrogen) atoms. The van der Waals surface area contributed by atoms with Crippen molar-refractivity contribution in [3.05, 3.63) is 53.7 Å². The molecule has 1 fully saturated rings. The maximum absolute atomic E-state index is 11.7. The highest BCUT2D eigenvalue weighted by Crippen LogP contribution is 2.24. The number of carbonyl (C=O) groups is 1. The number of amides is 1. The lowest BCUT2D eigenvalue weighted by Crippen LogP contribution is -2.42. The van der Waals surface area contributed by atoms with E-state index in [0.29, 0.717) is 19.6 Å². The van der Waals surface area contributed by atoms with Crippen LogP contribution in [-0.4, -0.2) is 43.6 Å². The van der Waals surface area contributed by atoms with Gasteiger partial charge in [0.25, 0.3) is 0 Å². The molecule has 3 rings (SSSR count). The molecule has 0 radical (unpaired) electrons. The second-order valence-electron chi connectivity index (χ2n) is 7.57. The molecule has 8 nitrogen and oxygen atoms in total. The van der Waals surface area contributed by atoms with Crippen molar-refractivity contribution >= 4 is 17.7 Å². The molecular weight excluding hydrogens is 392 g/mol. The Hall–Kier alpha value is -3.29. The molecule has 2 aromatic rings. The highest BCUT2D eigenvalue weighted by molar-refractivity contribution is 5.80. The standard InChI is InChI=1S/C23H32N6O2/c1-3-25-23(27-14-17-7-4-10-20(13-17)31-2)28-15-18-8-5-11-26-22(18)29-12-6-9-19(16-29)21(24)30/h4-5,7-8,10-11,13,19H,3,6,9,12,14-16H2,1-2H3,(H2,24,30)(H2,25,27,28). The van der Waals surface area contributed by atoms with Gasteiger partial charge in [-0.05, 0) is 43.5 Å². The maximum Gasteiger partial charge on any atom is 0.222 e. The maximum atomic E-state index is 11.7. The van der Waals surface area contributed by atoms with Crippen LogP contribution in [0.15, 0.2) is 47.6 Å². The molecule has 1 aliphatic rings. The van der Waals surface area contributed by atoms with Gasteiger partial charge in [0, 0.05) is 37.9 Å². The topological polar surface area (TPSA) is 105 Å². The minimum absolute atomic E-state index is 0.127. The Bertz CT molecular complexity index is 901. The predicted molar refractivity (Wildman–Crippen MR) is 123 cm³/mol. The number of benzene rings is 1. The second kappa shape index (κ2) is 11.2. The number of pyridine rings is 1. The van der Waals surface area contributed by atoms with Gasteiger partial charge in [-0.2, -0.15) is 0 Å². The molecule has 0 saturated carbocycles. The molecule has 8 heteroatoms. The number of piperidine rings is 1. The van der Waals surface area contributed by atoms with Crippen LogP contribution in [0.5, 0.6) is 5.75 Å². The first kappa shape index (κ1) is 22.4. The SMILES string of the molecule is CCNC(=NCc1cccc(OC)c1)NCc1cccnc1N1CCCC(C(N)=O)C1. The van der Waals surface area contributed by atoms with Crippen molar-refractivity contribution in [3.8, 4) is 5.75 Å². The summed E-state index contributed by atoms with van der Waals surface area (Å²) in [4.78, 5) is 23.1. The number of rotatable bonds is 8. The molecule has 1 aromatic carbocycles. The molecule has 1 aliphatic heterocycles.